The summed E-state index contributed by atoms with van der Waals surface area (Å²) in [6.45, 7) is 0. The zero-order chi connectivity index (χ0) is 12.4. The van der Waals surface area contributed by atoms with Crippen molar-refractivity contribution < 1.29 is 4.79 Å². The third-order valence-corrected chi connectivity index (χ3v) is 3.20. The average molecular weight is 246 g/mol. The lowest BCUT2D eigenvalue weighted by molar-refractivity contribution is 0.102. The molecule has 18 heavy (non-hydrogen) atoms. The van der Waals surface area contributed by atoms with Gasteiger partial charge in [-0.05, 0) is 18.9 Å². The minimum absolute atomic E-state index is 0.263. The van der Waals surface area contributed by atoms with Crippen LogP contribution < -0.4 is 5.32 Å². The first kappa shape index (κ1) is 10.9. The lowest BCUT2D eigenvalue weighted by atomic mass is 10.3. The second-order valence-corrected chi connectivity index (χ2v) is 4.43. The second kappa shape index (κ2) is 4.59. The van der Waals surface area contributed by atoms with Crippen LogP contribution in [0.2, 0.25) is 0 Å². The molecule has 1 aliphatic rings. The lowest BCUT2D eigenvalue weighted by Gasteiger charge is -2.08. The topological polar surface area (TPSA) is 88.5 Å². The van der Waals surface area contributed by atoms with Crippen molar-refractivity contribution in [2.24, 2.45) is 0 Å². The first-order valence-corrected chi connectivity index (χ1v) is 6.05. The van der Waals surface area contributed by atoms with Gasteiger partial charge < -0.3 is 5.32 Å². The summed E-state index contributed by atoms with van der Waals surface area (Å²) < 4.78 is 1.89. The smallest absolute Gasteiger partial charge is 0.277 e. The van der Waals surface area contributed by atoms with Gasteiger partial charge in [-0.1, -0.05) is 12.8 Å². The Labute approximate surface area is 104 Å². The summed E-state index contributed by atoms with van der Waals surface area (Å²) in [6, 6.07) is 2.17. The second-order valence-electron chi connectivity index (χ2n) is 4.43. The first-order chi connectivity index (χ1) is 8.83. The van der Waals surface area contributed by atoms with Crippen LogP contribution in [0.4, 0.5) is 5.82 Å². The average Bonchev–Trinajstić information content (AvgIpc) is 3.11. The Morgan fingerprint density at radius 1 is 1.44 bits per heavy atom. The minimum Gasteiger partial charge on any atom is -0.302 e. The van der Waals surface area contributed by atoms with E-state index in [1.807, 2.05) is 10.9 Å². The van der Waals surface area contributed by atoms with Gasteiger partial charge in [0.25, 0.3) is 5.91 Å². The highest BCUT2D eigenvalue weighted by molar-refractivity contribution is 6.02. The van der Waals surface area contributed by atoms with E-state index in [2.05, 4.69) is 25.8 Å². The van der Waals surface area contributed by atoms with E-state index in [-0.39, 0.29) is 5.91 Å². The van der Waals surface area contributed by atoms with Gasteiger partial charge in [0.05, 0.1) is 12.2 Å². The van der Waals surface area contributed by atoms with Crippen LogP contribution in [0.1, 0.15) is 42.2 Å². The molecule has 1 amide bonds. The zero-order valence-electron chi connectivity index (χ0n) is 9.83. The summed E-state index contributed by atoms with van der Waals surface area (Å²) in [5.41, 5.74) is 0.407. The monoisotopic (exact) mass is 246 g/mol. The van der Waals surface area contributed by atoms with Crippen molar-refractivity contribution in [1.29, 1.82) is 0 Å². The predicted molar refractivity (Wildman–Crippen MR) is 64.1 cm³/mol. The van der Waals surface area contributed by atoms with E-state index in [9.17, 15) is 4.79 Å². The lowest BCUT2D eigenvalue weighted by Crippen LogP contribution is -2.14. The van der Waals surface area contributed by atoms with Crippen LogP contribution in [-0.2, 0) is 0 Å². The Morgan fingerprint density at radius 3 is 3.00 bits per heavy atom. The summed E-state index contributed by atoms with van der Waals surface area (Å²) in [4.78, 5) is 11.9. The number of H-pyrrole nitrogens is 1. The van der Waals surface area contributed by atoms with Gasteiger partial charge in [0.1, 0.15) is 0 Å². The highest BCUT2D eigenvalue weighted by atomic mass is 16.2. The van der Waals surface area contributed by atoms with Crippen molar-refractivity contribution in [2.45, 2.75) is 31.7 Å². The molecule has 2 heterocycles. The predicted octanol–water partition coefficient (Wildman–Crippen LogP) is 1.37. The summed E-state index contributed by atoms with van der Waals surface area (Å²) in [7, 11) is 0. The van der Waals surface area contributed by atoms with Gasteiger partial charge in [-0.15, -0.1) is 5.10 Å². The fourth-order valence-corrected chi connectivity index (χ4v) is 2.27. The quantitative estimate of drug-likeness (QED) is 0.856. The number of nitrogens with zero attached hydrogens (tertiary/aromatic N) is 4. The number of carbonyl (C=O) groups excluding carboxylic acids is 1. The Morgan fingerprint density at radius 2 is 2.28 bits per heavy atom. The fourth-order valence-electron chi connectivity index (χ4n) is 2.27. The summed E-state index contributed by atoms with van der Waals surface area (Å²) >= 11 is 0. The summed E-state index contributed by atoms with van der Waals surface area (Å²) in [5.74, 6) is 0.135. The van der Waals surface area contributed by atoms with Crippen LogP contribution in [0.15, 0.2) is 18.5 Å². The molecule has 0 atom stereocenters. The van der Waals surface area contributed by atoms with Crippen molar-refractivity contribution in [1.82, 2.24) is 25.2 Å². The van der Waals surface area contributed by atoms with Gasteiger partial charge >= 0.3 is 0 Å². The molecule has 3 rings (SSSR count). The van der Waals surface area contributed by atoms with Gasteiger partial charge in [0, 0.05) is 6.20 Å². The summed E-state index contributed by atoms with van der Waals surface area (Å²) in [5, 5.41) is 16.8. The molecule has 2 aromatic heterocycles. The van der Waals surface area contributed by atoms with E-state index < -0.39 is 0 Å². The van der Waals surface area contributed by atoms with E-state index in [1.165, 1.54) is 19.0 Å². The molecule has 7 heteroatoms. The molecule has 0 aromatic carbocycles. The molecule has 0 bridgehead atoms. The number of amides is 1. The normalized spacial score (nSPS) is 16.0. The molecule has 0 radical (unpaired) electrons. The molecule has 1 aliphatic carbocycles. The molecule has 1 fully saturated rings. The molecule has 0 unspecified atom stereocenters. The maximum absolute atomic E-state index is 11.9. The third kappa shape index (κ3) is 2.11. The van der Waals surface area contributed by atoms with Gasteiger partial charge in [0.15, 0.2) is 11.5 Å². The minimum atomic E-state index is -0.263. The van der Waals surface area contributed by atoms with E-state index in [0.29, 0.717) is 17.6 Å². The summed E-state index contributed by atoms with van der Waals surface area (Å²) in [6.07, 6.45) is 8.09. The van der Waals surface area contributed by atoms with Crippen LogP contribution in [-0.4, -0.2) is 31.1 Å². The van der Waals surface area contributed by atoms with E-state index in [1.54, 1.807) is 6.07 Å². The molecule has 0 spiro atoms. The molecule has 1 saturated carbocycles. The molecular formula is C11H14N6O. The zero-order valence-corrected chi connectivity index (χ0v) is 9.83. The van der Waals surface area contributed by atoms with Crippen molar-refractivity contribution in [2.75, 3.05) is 5.32 Å². The van der Waals surface area contributed by atoms with Crippen molar-refractivity contribution >= 4 is 11.7 Å². The van der Waals surface area contributed by atoms with Gasteiger partial charge in [-0.2, -0.15) is 15.4 Å². The van der Waals surface area contributed by atoms with Crippen LogP contribution >= 0.6 is 0 Å². The number of aromatic amines is 1. The largest absolute Gasteiger partial charge is 0.302 e. The van der Waals surface area contributed by atoms with Crippen molar-refractivity contribution in [3.8, 4) is 0 Å². The number of hydrogen-bond donors (Lipinski definition) is 2. The molecule has 0 aliphatic heterocycles. The van der Waals surface area contributed by atoms with Gasteiger partial charge in [-0.3, -0.25) is 9.48 Å². The van der Waals surface area contributed by atoms with Gasteiger partial charge in [0.2, 0.25) is 0 Å². The Kier molecular flexibility index (Phi) is 2.79. The van der Waals surface area contributed by atoms with E-state index in [4.69, 9.17) is 0 Å². The molecule has 0 saturated heterocycles. The number of nitrogens with one attached hydrogen (secondary N) is 2. The molecule has 2 aromatic rings. The van der Waals surface area contributed by atoms with Gasteiger partial charge in [-0.25, -0.2) is 0 Å². The third-order valence-electron chi connectivity index (χ3n) is 3.20. The van der Waals surface area contributed by atoms with Crippen molar-refractivity contribution in [3.63, 3.8) is 0 Å². The maximum Gasteiger partial charge on any atom is 0.277 e. The fraction of sp³-hybridized carbons (Fsp3) is 0.455. The maximum atomic E-state index is 11.9. The standard InChI is InChI=1S/C11H14N6O/c18-11(13-10-7-12-16-14-10)9-5-6-17(15-9)8-3-1-2-4-8/h5-8H,1-4H2,(H2,12,13,14,16,18). The van der Waals surface area contributed by atoms with Crippen LogP contribution in [0.25, 0.3) is 0 Å². The van der Waals surface area contributed by atoms with Crippen LogP contribution in [0.5, 0.6) is 0 Å². The number of carbonyl (C=O) groups is 1. The first-order valence-electron chi connectivity index (χ1n) is 6.05. The Bertz CT molecular complexity index is 525. The van der Waals surface area contributed by atoms with Crippen molar-refractivity contribution in [3.05, 3.63) is 24.2 Å². The van der Waals surface area contributed by atoms with Crippen LogP contribution in [0, 0.1) is 0 Å². The molecule has 7 nitrogen and oxygen atoms in total. The Hall–Kier alpha value is -2.18. The van der Waals surface area contributed by atoms with Crippen LogP contribution in [0.3, 0.4) is 0 Å². The molecule has 94 valence electrons. The number of rotatable bonds is 3. The number of anilines is 1. The van der Waals surface area contributed by atoms with E-state index >= 15 is 0 Å². The highest BCUT2D eigenvalue weighted by Crippen LogP contribution is 2.28. The molecular weight excluding hydrogens is 232 g/mol. The van der Waals surface area contributed by atoms with E-state index in [0.717, 1.165) is 12.8 Å². The number of hydrogen-bond acceptors (Lipinski definition) is 4. The highest BCUT2D eigenvalue weighted by Gasteiger charge is 2.19. The molecule has 2 N–H and O–H groups in total. The number of aromatic nitrogens is 5. The Balaban J connectivity index is 1.70. The SMILES string of the molecule is O=C(Nc1cn[nH]n1)c1ccn(C2CCCC2)n1.